The zero-order valence-electron chi connectivity index (χ0n) is 12.7. The zero-order chi connectivity index (χ0) is 16.1. The first-order valence-corrected chi connectivity index (χ1v) is 7.11. The minimum atomic E-state index is -0.358. The van der Waals surface area contributed by atoms with Gasteiger partial charge >= 0.3 is 0 Å². The predicted octanol–water partition coefficient (Wildman–Crippen LogP) is 4.04. The normalized spacial score (nSPS) is 10.3. The van der Waals surface area contributed by atoms with E-state index < -0.39 is 0 Å². The van der Waals surface area contributed by atoms with Gasteiger partial charge in [-0.05, 0) is 55.3 Å². The molecule has 0 aliphatic heterocycles. The smallest absolute Gasteiger partial charge is 0.224 e. The Labute approximate surface area is 129 Å². The lowest BCUT2D eigenvalue weighted by Crippen LogP contribution is -2.13. The van der Waals surface area contributed by atoms with Gasteiger partial charge in [0.15, 0.2) is 5.78 Å². The largest absolute Gasteiger partial charge is 0.326 e. The highest BCUT2D eigenvalue weighted by Crippen LogP contribution is 2.13. The third-order valence-corrected chi connectivity index (χ3v) is 3.54. The monoisotopic (exact) mass is 299 g/mol. The van der Waals surface area contributed by atoms with E-state index in [0.29, 0.717) is 11.3 Å². The number of carbonyl (C=O) groups excluding carboxylic acids is 2. The Balaban J connectivity index is 1.88. The summed E-state index contributed by atoms with van der Waals surface area (Å²) in [4.78, 5) is 23.9. The number of carbonyl (C=O) groups is 2. The van der Waals surface area contributed by atoms with Crippen LogP contribution in [0, 0.1) is 19.7 Å². The van der Waals surface area contributed by atoms with Crippen LogP contribution in [0.5, 0.6) is 0 Å². The summed E-state index contributed by atoms with van der Waals surface area (Å²) in [5.74, 6) is -0.677. The number of hydrogen-bond donors (Lipinski definition) is 1. The Morgan fingerprint density at radius 2 is 1.64 bits per heavy atom. The molecule has 0 aliphatic rings. The van der Waals surface area contributed by atoms with Crippen LogP contribution in [0.15, 0.2) is 42.5 Å². The van der Waals surface area contributed by atoms with E-state index >= 15 is 0 Å². The molecule has 0 spiro atoms. The lowest BCUT2D eigenvalue weighted by atomic mass is 10.0. The first kappa shape index (κ1) is 15.9. The van der Waals surface area contributed by atoms with Gasteiger partial charge in [-0.3, -0.25) is 9.59 Å². The maximum Gasteiger partial charge on any atom is 0.224 e. The fourth-order valence-corrected chi connectivity index (χ4v) is 2.04. The van der Waals surface area contributed by atoms with E-state index in [9.17, 15) is 14.0 Å². The molecule has 0 heterocycles. The molecule has 2 rings (SSSR count). The number of halogens is 1. The molecule has 0 fully saturated rings. The van der Waals surface area contributed by atoms with Gasteiger partial charge in [0, 0.05) is 24.1 Å². The zero-order valence-corrected chi connectivity index (χ0v) is 12.7. The van der Waals surface area contributed by atoms with Crippen molar-refractivity contribution in [2.24, 2.45) is 0 Å². The second-order valence-electron chi connectivity index (χ2n) is 5.28. The SMILES string of the molecule is Cc1ccc(C(=O)CCC(=O)Nc2ccc(F)cc2)cc1C. The molecule has 0 radical (unpaired) electrons. The van der Waals surface area contributed by atoms with Crippen molar-refractivity contribution >= 4 is 17.4 Å². The number of rotatable bonds is 5. The summed E-state index contributed by atoms with van der Waals surface area (Å²) in [6.07, 6.45) is 0.249. The molecule has 4 heteroatoms. The van der Waals surface area contributed by atoms with Crippen LogP contribution in [0.2, 0.25) is 0 Å². The van der Waals surface area contributed by atoms with E-state index in [1.54, 1.807) is 6.07 Å². The number of Topliss-reactive ketones (excluding diaryl/α,β-unsaturated/α-hetero) is 1. The van der Waals surface area contributed by atoms with Crippen molar-refractivity contribution in [2.75, 3.05) is 5.32 Å². The Morgan fingerprint density at radius 1 is 0.955 bits per heavy atom. The molecule has 0 saturated carbocycles. The molecule has 114 valence electrons. The molecule has 22 heavy (non-hydrogen) atoms. The molecular formula is C18H18FNO2. The van der Waals surface area contributed by atoms with Crippen LogP contribution < -0.4 is 5.32 Å². The summed E-state index contributed by atoms with van der Waals surface area (Å²) in [6.45, 7) is 3.94. The van der Waals surface area contributed by atoms with Gasteiger partial charge in [0.05, 0.1) is 0 Å². The second kappa shape index (κ2) is 6.98. The Morgan fingerprint density at radius 3 is 2.27 bits per heavy atom. The highest BCUT2D eigenvalue weighted by molar-refractivity contribution is 6.00. The number of benzene rings is 2. The molecule has 3 nitrogen and oxygen atoms in total. The molecule has 0 unspecified atom stereocenters. The van der Waals surface area contributed by atoms with Crippen molar-refractivity contribution in [1.29, 1.82) is 0 Å². The average Bonchev–Trinajstić information content (AvgIpc) is 2.50. The number of amides is 1. The van der Waals surface area contributed by atoms with Crippen LogP contribution in [0.1, 0.15) is 34.3 Å². The van der Waals surface area contributed by atoms with E-state index in [4.69, 9.17) is 0 Å². The van der Waals surface area contributed by atoms with E-state index in [1.807, 2.05) is 26.0 Å². The fraction of sp³-hybridized carbons (Fsp3) is 0.222. The number of ketones is 1. The van der Waals surface area contributed by atoms with Gasteiger partial charge in [-0.25, -0.2) is 4.39 Å². The van der Waals surface area contributed by atoms with Gasteiger partial charge in [-0.2, -0.15) is 0 Å². The summed E-state index contributed by atoms with van der Waals surface area (Å²) in [7, 11) is 0. The molecule has 1 amide bonds. The third-order valence-electron chi connectivity index (χ3n) is 3.54. The lowest BCUT2D eigenvalue weighted by Gasteiger charge is -2.06. The first-order valence-electron chi connectivity index (χ1n) is 7.11. The predicted molar refractivity (Wildman–Crippen MR) is 84.5 cm³/mol. The molecule has 2 aromatic rings. The summed E-state index contributed by atoms with van der Waals surface area (Å²) in [6, 6.07) is 11.0. The average molecular weight is 299 g/mol. The van der Waals surface area contributed by atoms with Crippen molar-refractivity contribution in [3.63, 3.8) is 0 Å². The quantitative estimate of drug-likeness (QED) is 0.847. The summed E-state index contributed by atoms with van der Waals surface area (Å²) in [5, 5.41) is 2.64. The van der Waals surface area contributed by atoms with Crippen molar-refractivity contribution in [3.05, 3.63) is 65.0 Å². The van der Waals surface area contributed by atoms with E-state index in [-0.39, 0.29) is 30.3 Å². The van der Waals surface area contributed by atoms with Crippen LogP contribution in [0.4, 0.5) is 10.1 Å². The fourth-order valence-electron chi connectivity index (χ4n) is 2.04. The van der Waals surface area contributed by atoms with Crippen LogP contribution in [-0.2, 0) is 4.79 Å². The lowest BCUT2D eigenvalue weighted by molar-refractivity contribution is -0.116. The molecule has 1 N–H and O–H groups in total. The number of anilines is 1. The minimum absolute atomic E-state index is 0.0580. The van der Waals surface area contributed by atoms with E-state index in [1.165, 1.54) is 24.3 Å². The van der Waals surface area contributed by atoms with Crippen molar-refractivity contribution in [3.8, 4) is 0 Å². The summed E-state index contributed by atoms with van der Waals surface area (Å²) in [5.41, 5.74) is 3.33. The number of aryl methyl sites for hydroxylation is 2. The van der Waals surface area contributed by atoms with E-state index in [2.05, 4.69) is 5.32 Å². The van der Waals surface area contributed by atoms with Crippen molar-refractivity contribution in [1.82, 2.24) is 0 Å². The maximum atomic E-state index is 12.8. The van der Waals surface area contributed by atoms with Crippen LogP contribution in [0.25, 0.3) is 0 Å². The van der Waals surface area contributed by atoms with Crippen molar-refractivity contribution < 1.29 is 14.0 Å². The second-order valence-corrected chi connectivity index (χ2v) is 5.28. The Kier molecular flexibility index (Phi) is 5.04. The van der Waals surface area contributed by atoms with Crippen LogP contribution >= 0.6 is 0 Å². The van der Waals surface area contributed by atoms with Gasteiger partial charge in [0.25, 0.3) is 0 Å². The molecular weight excluding hydrogens is 281 g/mol. The highest BCUT2D eigenvalue weighted by atomic mass is 19.1. The van der Waals surface area contributed by atoms with Gasteiger partial charge in [0.1, 0.15) is 5.82 Å². The first-order chi connectivity index (χ1) is 10.5. The van der Waals surface area contributed by atoms with Gasteiger partial charge in [0.2, 0.25) is 5.91 Å². The molecule has 0 saturated heterocycles. The van der Waals surface area contributed by atoms with Gasteiger partial charge in [-0.15, -0.1) is 0 Å². The molecule has 0 aromatic heterocycles. The molecule has 0 atom stereocenters. The molecule has 0 bridgehead atoms. The van der Waals surface area contributed by atoms with Crippen molar-refractivity contribution in [2.45, 2.75) is 26.7 Å². The van der Waals surface area contributed by atoms with Crippen LogP contribution in [0.3, 0.4) is 0 Å². The maximum absolute atomic E-state index is 12.8. The van der Waals surface area contributed by atoms with Crippen LogP contribution in [-0.4, -0.2) is 11.7 Å². The number of hydrogen-bond acceptors (Lipinski definition) is 2. The van der Waals surface area contributed by atoms with E-state index in [0.717, 1.165) is 11.1 Å². The third kappa shape index (κ3) is 4.25. The Hall–Kier alpha value is -2.49. The summed E-state index contributed by atoms with van der Waals surface area (Å²) >= 11 is 0. The Bertz CT molecular complexity index is 693. The molecule has 0 aliphatic carbocycles. The topological polar surface area (TPSA) is 46.2 Å². The number of nitrogens with one attached hydrogen (secondary N) is 1. The molecule has 2 aromatic carbocycles. The van der Waals surface area contributed by atoms with Gasteiger partial charge < -0.3 is 5.32 Å². The van der Waals surface area contributed by atoms with Gasteiger partial charge in [-0.1, -0.05) is 12.1 Å². The highest BCUT2D eigenvalue weighted by Gasteiger charge is 2.10. The summed E-state index contributed by atoms with van der Waals surface area (Å²) < 4.78 is 12.8. The standard InChI is InChI=1S/C18H18FNO2/c1-12-3-4-14(11-13(12)2)17(21)9-10-18(22)20-16-7-5-15(19)6-8-16/h3-8,11H,9-10H2,1-2H3,(H,20,22). The minimum Gasteiger partial charge on any atom is -0.326 e.